The highest BCUT2D eigenvalue weighted by Gasteiger charge is 2.29. The van der Waals surface area contributed by atoms with Gasteiger partial charge in [-0.15, -0.1) is 0 Å². The molecule has 2 rings (SSSR count). The molecule has 0 atom stereocenters. The van der Waals surface area contributed by atoms with Crippen molar-refractivity contribution in [2.45, 2.75) is 38.9 Å². The molecule has 0 saturated carbocycles. The van der Waals surface area contributed by atoms with Crippen molar-refractivity contribution in [3.05, 3.63) is 35.9 Å². The highest BCUT2D eigenvalue weighted by atomic mass is 19.1. The summed E-state index contributed by atoms with van der Waals surface area (Å²) in [7, 11) is 0. The van der Waals surface area contributed by atoms with Crippen LogP contribution in [0.25, 0.3) is 0 Å². The number of amides is 1. The highest BCUT2D eigenvalue weighted by Crippen LogP contribution is 2.16. The van der Waals surface area contributed by atoms with Crippen molar-refractivity contribution in [1.29, 1.82) is 0 Å². The number of carbonyl (C=O) groups is 1. The first-order valence-electron chi connectivity index (χ1n) is 8.21. The average molecular weight is 322 g/mol. The van der Waals surface area contributed by atoms with Crippen LogP contribution < -0.4 is 0 Å². The van der Waals surface area contributed by atoms with Gasteiger partial charge in [0.25, 0.3) is 0 Å². The van der Waals surface area contributed by atoms with Gasteiger partial charge in [0.2, 0.25) is 0 Å². The Morgan fingerprint density at radius 3 is 2.52 bits per heavy atom. The molecule has 1 aliphatic heterocycles. The van der Waals surface area contributed by atoms with Crippen LogP contribution in [0.3, 0.4) is 0 Å². The topological polar surface area (TPSA) is 32.8 Å². The summed E-state index contributed by atoms with van der Waals surface area (Å²) in [4.78, 5) is 16.1. The largest absolute Gasteiger partial charge is 0.448 e. The fourth-order valence-electron chi connectivity index (χ4n) is 2.62. The molecular weight excluding hydrogens is 295 g/mol. The van der Waals surface area contributed by atoms with E-state index < -0.39 is 6.17 Å². The number of ether oxygens (including phenoxy) is 1. The summed E-state index contributed by atoms with van der Waals surface area (Å²) in [6.07, 6.45) is -0.225. The number of hydrogen-bond acceptors (Lipinski definition) is 3. The second-order valence-corrected chi connectivity index (χ2v) is 7.03. The molecule has 128 valence electrons. The maximum absolute atomic E-state index is 12.7. The van der Waals surface area contributed by atoms with Crippen LogP contribution in [0.2, 0.25) is 0 Å². The van der Waals surface area contributed by atoms with Crippen LogP contribution in [-0.2, 0) is 11.2 Å². The summed E-state index contributed by atoms with van der Waals surface area (Å²) in [5, 5.41) is 0. The number of halogens is 1. The lowest BCUT2D eigenvalue weighted by Crippen LogP contribution is -2.50. The predicted molar refractivity (Wildman–Crippen MR) is 89.3 cm³/mol. The lowest BCUT2D eigenvalue weighted by atomic mass is 10.1. The van der Waals surface area contributed by atoms with Crippen LogP contribution in [0, 0.1) is 0 Å². The Labute approximate surface area is 138 Å². The Morgan fingerprint density at radius 1 is 1.30 bits per heavy atom. The minimum Gasteiger partial charge on any atom is -0.448 e. The summed E-state index contributed by atoms with van der Waals surface area (Å²) in [5.41, 5.74) is 0.899. The Morgan fingerprint density at radius 2 is 1.96 bits per heavy atom. The summed E-state index contributed by atoms with van der Waals surface area (Å²) >= 11 is 0. The number of nitrogens with zero attached hydrogens (tertiary/aromatic N) is 2. The quantitative estimate of drug-likeness (QED) is 0.807. The summed E-state index contributed by atoms with van der Waals surface area (Å²) in [6, 6.07) is 10.1. The van der Waals surface area contributed by atoms with E-state index in [1.54, 1.807) is 4.90 Å². The van der Waals surface area contributed by atoms with Gasteiger partial charge in [0.1, 0.15) is 12.8 Å². The van der Waals surface area contributed by atoms with E-state index in [1.807, 2.05) is 43.9 Å². The second-order valence-electron chi connectivity index (χ2n) is 7.03. The summed E-state index contributed by atoms with van der Waals surface area (Å²) in [6.45, 7) is 8.44. The minimum atomic E-state index is -0.720. The highest BCUT2D eigenvalue weighted by molar-refractivity contribution is 5.68. The molecule has 0 radical (unpaired) electrons. The minimum absolute atomic E-state index is 0.299. The molecule has 5 heteroatoms. The molecule has 1 aromatic carbocycles. The molecule has 0 unspecified atom stereocenters. The fraction of sp³-hybridized carbons (Fsp3) is 0.611. The lowest BCUT2D eigenvalue weighted by Gasteiger charge is -2.36. The Kier molecular flexibility index (Phi) is 5.99. The Hall–Kier alpha value is -1.62. The smallest absolute Gasteiger partial charge is 0.410 e. The van der Waals surface area contributed by atoms with Crippen LogP contribution in [0.4, 0.5) is 9.18 Å². The molecule has 1 aliphatic rings. The number of rotatable bonds is 6. The molecule has 4 nitrogen and oxygen atoms in total. The second kappa shape index (κ2) is 7.77. The monoisotopic (exact) mass is 322 g/mol. The Balaban J connectivity index is 1.80. The van der Waals surface area contributed by atoms with Crippen LogP contribution in [-0.4, -0.2) is 60.4 Å². The van der Waals surface area contributed by atoms with Crippen molar-refractivity contribution in [3.63, 3.8) is 0 Å². The van der Waals surface area contributed by atoms with E-state index in [0.717, 1.165) is 6.42 Å². The maximum atomic E-state index is 12.7. The van der Waals surface area contributed by atoms with Crippen LogP contribution >= 0.6 is 0 Å². The van der Waals surface area contributed by atoms with E-state index in [9.17, 15) is 9.18 Å². The summed E-state index contributed by atoms with van der Waals surface area (Å²) < 4.78 is 18.1. The van der Waals surface area contributed by atoms with E-state index in [0.29, 0.717) is 32.8 Å². The third-order valence-corrected chi connectivity index (χ3v) is 4.04. The molecule has 0 bridgehead atoms. The number of carbonyl (C=O) groups excluding carboxylic acids is 1. The molecule has 23 heavy (non-hydrogen) atoms. The van der Waals surface area contributed by atoms with Gasteiger partial charge in [-0.3, -0.25) is 4.90 Å². The van der Waals surface area contributed by atoms with Crippen molar-refractivity contribution in [2.24, 2.45) is 0 Å². The van der Waals surface area contributed by atoms with E-state index in [-0.39, 0.29) is 11.6 Å². The summed E-state index contributed by atoms with van der Waals surface area (Å²) in [5.74, 6) is 0. The number of likely N-dealkylation sites (tertiary alicyclic amines) is 1. The predicted octanol–water partition coefficient (Wildman–Crippen LogP) is 3.12. The standard InChI is InChI=1S/C18H27FN2O2/c1-18(2,3)21(10-9-15-7-5-4-6-8-15)17(22)23-12-11-20-13-16(19)14-20/h4-8,16H,9-14H2,1-3H3. The van der Waals surface area contributed by atoms with Gasteiger partial charge in [-0.25, -0.2) is 9.18 Å². The molecular formula is C18H27FN2O2. The maximum Gasteiger partial charge on any atom is 0.410 e. The van der Waals surface area contributed by atoms with Crippen LogP contribution in [0.5, 0.6) is 0 Å². The third-order valence-electron chi connectivity index (χ3n) is 4.04. The first-order valence-corrected chi connectivity index (χ1v) is 8.21. The number of benzene rings is 1. The first kappa shape index (κ1) is 17.7. The molecule has 1 saturated heterocycles. The van der Waals surface area contributed by atoms with Gasteiger partial charge in [0, 0.05) is 31.7 Å². The van der Waals surface area contributed by atoms with Gasteiger partial charge in [0.05, 0.1) is 0 Å². The third kappa shape index (κ3) is 5.50. The SMILES string of the molecule is CC(C)(C)N(CCc1ccccc1)C(=O)OCCN1CC(F)C1. The van der Waals surface area contributed by atoms with Crippen LogP contribution in [0.1, 0.15) is 26.3 Å². The number of alkyl halides is 1. The van der Waals surface area contributed by atoms with Gasteiger partial charge in [-0.2, -0.15) is 0 Å². The van der Waals surface area contributed by atoms with E-state index >= 15 is 0 Å². The van der Waals surface area contributed by atoms with Gasteiger partial charge in [-0.1, -0.05) is 30.3 Å². The zero-order chi connectivity index (χ0) is 16.9. The molecule has 0 N–H and O–H groups in total. The lowest BCUT2D eigenvalue weighted by molar-refractivity contribution is 0.0286. The van der Waals surface area contributed by atoms with Crippen molar-refractivity contribution in [1.82, 2.24) is 9.80 Å². The van der Waals surface area contributed by atoms with Gasteiger partial charge in [-0.05, 0) is 32.8 Å². The molecule has 1 heterocycles. The zero-order valence-corrected chi connectivity index (χ0v) is 14.3. The molecule has 0 spiro atoms. The zero-order valence-electron chi connectivity index (χ0n) is 14.3. The van der Waals surface area contributed by atoms with Gasteiger partial charge in [0.15, 0.2) is 0 Å². The number of hydrogen-bond donors (Lipinski definition) is 0. The molecule has 0 aliphatic carbocycles. The molecule has 0 aromatic heterocycles. The first-order chi connectivity index (χ1) is 10.9. The van der Waals surface area contributed by atoms with Crippen LogP contribution in [0.15, 0.2) is 30.3 Å². The van der Waals surface area contributed by atoms with E-state index in [4.69, 9.17) is 4.74 Å². The van der Waals surface area contributed by atoms with Gasteiger partial charge < -0.3 is 9.64 Å². The molecule has 1 aromatic rings. The molecule has 1 amide bonds. The van der Waals surface area contributed by atoms with Crippen molar-refractivity contribution < 1.29 is 13.9 Å². The average Bonchev–Trinajstić information content (AvgIpc) is 2.45. The van der Waals surface area contributed by atoms with E-state index in [2.05, 4.69) is 12.1 Å². The van der Waals surface area contributed by atoms with Crippen molar-refractivity contribution in [2.75, 3.05) is 32.8 Å². The van der Waals surface area contributed by atoms with Crippen molar-refractivity contribution >= 4 is 6.09 Å². The normalized spacial score (nSPS) is 16.0. The Bertz CT molecular complexity index is 495. The van der Waals surface area contributed by atoms with Crippen molar-refractivity contribution in [3.8, 4) is 0 Å². The molecule has 1 fully saturated rings. The van der Waals surface area contributed by atoms with Gasteiger partial charge >= 0.3 is 6.09 Å². The van der Waals surface area contributed by atoms with E-state index in [1.165, 1.54) is 5.56 Å². The fourth-order valence-corrected chi connectivity index (χ4v) is 2.62.